The number of rotatable bonds is 6. The first kappa shape index (κ1) is 17.1. The molecular formula is C21H29N3. The molecule has 0 bridgehead atoms. The molecule has 0 radical (unpaired) electrons. The SMILES string of the molecule is CCCN1CCC(NC(c2ccncc2)c2ccccc2C)CC1. The standard InChI is InChI=1S/C21H29N3/c1-3-14-24-15-10-19(11-16-24)23-21(18-8-12-22-13-9-18)20-7-5-4-6-17(20)2/h4-9,12-13,19,21,23H,3,10-11,14-16H2,1-2H3. The average molecular weight is 323 g/mol. The third-order valence-electron chi connectivity index (χ3n) is 5.07. The Kier molecular flexibility index (Phi) is 6.00. The number of pyridine rings is 1. The van der Waals surface area contributed by atoms with Crippen LogP contribution in [0.25, 0.3) is 0 Å². The Labute approximate surface area is 146 Å². The van der Waals surface area contributed by atoms with E-state index < -0.39 is 0 Å². The molecule has 2 heterocycles. The van der Waals surface area contributed by atoms with Crippen molar-refractivity contribution in [2.75, 3.05) is 19.6 Å². The van der Waals surface area contributed by atoms with E-state index in [9.17, 15) is 0 Å². The van der Waals surface area contributed by atoms with Crippen LogP contribution in [0.4, 0.5) is 0 Å². The lowest BCUT2D eigenvalue weighted by molar-refractivity contribution is 0.194. The Hall–Kier alpha value is -1.71. The van der Waals surface area contributed by atoms with E-state index in [1.54, 1.807) is 0 Å². The van der Waals surface area contributed by atoms with Crippen LogP contribution in [0.1, 0.15) is 48.9 Å². The second-order valence-corrected chi connectivity index (χ2v) is 6.85. The van der Waals surface area contributed by atoms with Crippen LogP contribution in [0.2, 0.25) is 0 Å². The molecule has 24 heavy (non-hydrogen) atoms. The van der Waals surface area contributed by atoms with E-state index in [0.717, 1.165) is 0 Å². The van der Waals surface area contributed by atoms with Crippen LogP contribution in [0, 0.1) is 6.92 Å². The number of likely N-dealkylation sites (tertiary alicyclic amines) is 1. The van der Waals surface area contributed by atoms with Crippen molar-refractivity contribution in [3.63, 3.8) is 0 Å². The molecule has 1 N–H and O–H groups in total. The lowest BCUT2D eigenvalue weighted by atomic mass is 9.93. The van der Waals surface area contributed by atoms with Gasteiger partial charge in [-0.05, 0) is 74.6 Å². The molecule has 1 unspecified atom stereocenters. The molecule has 3 heteroatoms. The summed E-state index contributed by atoms with van der Waals surface area (Å²) in [5.74, 6) is 0. The first-order valence-electron chi connectivity index (χ1n) is 9.21. The summed E-state index contributed by atoms with van der Waals surface area (Å²) in [5.41, 5.74) is 4.02. The molecule has 1 aliphatic heterocycles. The highest BCUT2D eigenvalue weighted by Gasteiger charge is 2.23. The molecule has 2 aromatic rings. The number of hydrogen-bond acceptors (Lipinski definition) is 3. The normalized spacial score (nSPS) is 17.8. The predicted molar refractivity (Wildman–Crippen MR) is 100 cm³/mol. The van der Waals surface area contributed by atoms with Gasteiger partial charge in [0, 0.05) is 18.4 Å². The van der Waals surface area contributed by atoms with E-state index >= 15 is 0 Å². The minimum absolute atomic E-state index is 0.247. The van der Waals surface area contributed by atoms with Crippen molar-refractivity contribution in [2.45, 2.75) is 45.2 Å². The Morgan fingerprint density at radius 3 is 2.50 bits per heavy atom. The molecule has 1 atom stereocenters. The zero-order valence-corrected chi connectivity index (χ0v) is 14.9. The Morgan fingerprint density at radius 2 is 1.83 bits per heavy atom. The van der Waals surface area contributed by atoms with Gasteiger partial charge in [-0.25, -0.2) is 0 Å². The zero-order chi connectivity index (χ0) is 16.8. The van der Waals surface area contributed by atoms with Crippen molar-refractivity contribution in [3.8, 4) is 0 Å². The minimum Gasteiger partial charge on any atom is -0.303 e. The van der Waals surface area contributed by atoms with E-state index in [1.807, 2.05) is 12.4 Å². The van der Waals surface area contributed by atoms with Gasteiger partial charge in [0.15, 0.2) is 0 Å². The topological polar surface area (TPSA) is 28.2 Å². The van der Waals surface area contributed by atoms with Crippen molar-refractivity contribution < 1.29 is 0 Å². The van der Waals surface area contributed by atoms with Gasteiger partial charge in [-0.1, -0.05) is 31.2 Å². The van der Waals surface area contributed by atoms with Crippen LogP contribution in [0.3, 0.4) is 0 Å². The number of hydrogen-bond donors (Lipinski definition) is 1. The highest BCUT2D eigenvalue weighted by atomic mass is 15.1. The number of nitrogens with one attached hydrogen (secondary N) is 1. The highest BCUT2D eigenvalue weighted by molar-refractivity contribution is 5.36. The lowest BCUT2D eigenvalue weighted by Gasteiger charge is -2.35. The molecule has 1 fully saturated rings. The summed E-state index contributed by atoms with van der Waals surface area (Å²) >= 11 is 0. The molecule has 3 nitrogen and oxygen atoms in total. The summed E-state index contributed by atoms with van der Waals surface area (Å²) in [6, 6.07) is 13.8. The van der Waals surface area contributed by atoms with E-state index in [-0.39, 0.29) is 6.04 Å². The van der Waals surface area contributed by atoms with Crippen molar-refractivity contribution in [1.82, 2.24) is 15.2 Å². The maximum atomic E-state index is 4.19. The van der Waals surface area contributed by atoms with Gasteiger partial charge in [0.1, 0.15) is 0 Å². The number of piperidine rings is 1. The second kappa shape index (κ2) is 8.41. The predicted octanol–water partition coefficient (Wildman–Crippen LogP) is 3.94. The van der Waals surface area contributed by atoms with Crippen molar-refractivity contribution >= 4 is 0 Å². The number of aromatic nitrogens is 1. The molecular weight excluding hydrogens is 294 g/mol. The molecule has 1 aromatic heterocycles. The first-order chi connectivity index (χ1) is 11.8. The van der Waals surface area contributed by atoms with Crippen LogP contribution in [-0.2, 0) is 0 Å². The molecule has 0 aliphatic carbocycles. The maximum absolute atomic E-state index is 4.19. The van der Waals surface area contributed by atoms with Crippen LogP contribution >= 0.6 is 0 Å². The third-order valence-corrected chi connectivity index (χ3v) is 5.07. The van der Waals surface area contributed by atoms with Crippen LogP contribution < -0.4 is 5.32 Å². The first-order valence-corrected chi connectivity index (χ1v) is 9.21. The number of benzene rings is 1. The van der Waals surface area contributed by atoms with Crippen LogP contribution in [-0.4, -0.2) is 35.6 Å². The van der Waals surface area contributed by atoms with Gasteiger partial charge in [0.2, 0.25) is 0 Å². The van der Waals surface area contributed by atoms with Gasteiger partial charge in [-0.15, -0.1) is 0 Å². The molecule has 128 valence electrons. The monoisotopic (exact) mass is 323 g/mol. The van der Waals surface area contributed by atoms with Gasteiger partial charge in [-0.2, -0.15) is 0 Å². The second-order valence-electron chi connectivity index (χ2n) is 6.85. The fourth-order valence-electron chi connectivity index (χ4n) is 3.71. The fraction of sp³-hybridized carbons (Fsp3) is 0.476. The minimum atomic E-state index is 0.247. The van der Waals surface area contributed by atoms with E-state index in [2.05, 4.69) is 65.4 Å². The van der Waals surface area contributed by atoms with Crippen molar-refractivity contribution in [1.29, 1.82) is 0 Å². The summed E-state index contributed by atoms with van der Waals surface area (Å²) in [6.45, 7) is 8.13. The quantitative estimate of drug-likeness (QED) is 0.872. The zero-order valence-electron chi connectivity index (χ0n) is 14.9. The maximum Gasteiger partial charge on any atom is 0.0582 e. The average Bonchev–Trinajstić information content (AvgIpc) is 2.63. The Balaban J connectivity index is 1.76. The van der Waals surface area contributed by atoms with Gasteiger partial charge >= 0.3 is 0 Å². The number of aryl methyl sites for hydroxylation is 1. The molecule has 1 saturated heterocycles. The van der Waals surface area contributed by atoms with E-state index in [1.165, 1.54) is 55.6 Å². The van der Waals surface area contributed by atoms with Gasteiger partial charge in [-0.3, -0.25) is 4.98 Å². The summed E-state index contributed by atoms with van der Waals surface area (Å²) < 4.78 is 0. The summed E-state index contributed by atoms with van der Waals surface area (Å²) in [7, 11) is 0. The largest absolute Gasteiger partial charge is 0.303 e. The lowest BCUT2D eigenvalue weighted by Crippen LogP contribution is -2.44. The molecule has 0 amide bonds. The highest BCUT2D eigenvalue weighted by Crippen LogP contribution is 2.26. The van der Waals surface area contributed by atoms with Crippen LogP contribution in [0.15, 0.2) is 48.8 Å². The number of nitrogens with zero attached hydrogens (tertiary/aromatic N) is 2. The van der Waals surface area contributed by atoms with Crippen LogP contribution in [0.5, 0.6) is 0 Å². The van der Waals surface area contributed by atoms with Crippen molar-refractivity contribution in [2.24, 2.45) is 0 Å². The van der Waals surface area contributed by atoms with Gasteiger partial charge < -0.3 is 10.2 Å². The fourth-order valence-corrected chi connectivity index (χ4v) is 3.71. The smallest absolute Gasteiger partial charge is 0.0582 e. The van der Waals surface area contributed by atoms with E-state index in [0.29, 0.717) is 6.04 Å². The molecule has 0 spiro atoms. The van der Waals surface area contributed by atoms with E-state index in [4.69, 9.17) is 0 Å². The Morgan fingerprint density at radius 1 is 1.12 bits per heavy atom. The summed E-state index contributed by atoms with van der Waals surface area (Å²) in [4.78, 5) is 6.78. The summed E-state index contributed by atoms with van der Waals surface area (Å²) in [6.07, 6.45) is 7.50. The summed E-state index contributed by atoms with van der Waals surface area (Å²) in [5, 5.41) is 3.94. The van der Waals surface area contributed by atoms with Gasteiger partial charge in [0.25, 0.3) is 0 Å². The van der Waals surface area contributed by atoms with Crippen molar-refractivity contribution in [3.05, 3.63) is 65.5 Å². The molecule has 1 aromatic carbocycles. The molecule has 1 aliphatic rings. The third kappa shape index (κ3) is 4.22. The molecule has 0 saturated carbocycles. The van der Waals surface area contributed by atoms with Gasteiger partial charge in [0.05, 0.1) is 6.04 Å². The molecule has 3 rings (SSSR count). The Bertz CT molecular complexity index is 618.